The smallest absolute Gasteiger partial charge is 0.164 e. The average Bonchev–Trinajstić information content (AvgIpc) is 3.23. The van der Waals surface area contributed by atoms with Crippen molar-refractivity contribution >= 4 is 0 Å². The number of rotatable bonds is 4. The SMILES string of the molecule is COc1ccc([C@@H]2OC[C@@H]3[C@H]2[C@@H](OC)O[C@H]3c2ccccc2)cc1. The van der Waals surface area contributed by atoms with E-state index in [1.165, 1.54) is 5.56 Å². The van der Waals surface area contributed by atoms with Crippen LogP contribution in [0.5, 0.6) is 5.75 Å². The Hall–Kier alpha value is -1.88. The molecule has 0 bridgehead atoms. The molecule has 2 aliphatic heterocycles. The lowest BCUT2D eigenvalue weighted by Crippen LogP contribution is -2.24. The van der Waals surface area contributed by atoms with Gasteiger partial charge in [-0.2, -0.15) is 0 Å². The Labute approximate surface area is 142 Å². The third-order valence-electron chi connectivity index (χ3n) is 5.10. The number of hydrogen-bond acceptors (Lipinski definition) is 4. The molecule has 126 valence electrons. The molecule has 5 atom stereocenters. The summed E-state index contributed by atoms with van der Waals surface area (Å²) in [6.07, 6.45) is -0.251. The van der Waals surface area contributed by atoms with E-state index in [4.69, 9.17) is 18.9 Å². The number of ether oxygens (including phenoxy) is 4. The lowest BCUT2D eigenvalue weighted by atomic mass is 9.84. The zero-order valence-electron chi connectivity index (χ0n) is 13.9. The maximum atomic E-state index is 6.23. The fourth-order valence-electron chi connectivity index (χ4n) is 3.92. The van der Waals surface area contributed by atoms with Crippen LogP contribution in [-0.4, -0.2) is 27.1 Å². The largest absolute Gasteiger partial charge is 0.497 e. The topological polar surface area (TPSA) is 36.9 Å². The molecule has 0 amide bonds. The predicted molar refractivity (Wildman–Crippen MR) is 89.7 cm³/mol. The molecule has 0 aromatic heterocycles. The zero-order valence-corrected chi connectivity index (χ0v) is 13.9. The van der Waals surface area contributed by atoms with Crippen molar-refractivity contribution in [3.63, 3.8) is 0 Å². The summed E-state index contributed by atoms with van der Waals surface area (Å²) < 4.78 is 23.3. The molecule has 0 saturated carbocycles. The molecule has 0 unspecified atom stereocenters. The van der Waals surface area contributed by atoms with Crippen LogP contribution in [0.15, 0.2) is 54.6 Å². The van der Waals surface area contributed by atoms with Gasteiger partial charge >= 0.3 is 0 Å². The Morgan fingerprint density at radius 3 is 2.25 bits per heavy atom. The summed E-state index contributed by atoms with van der Waals surface area (Å²) in [6, 6.07) is 18.4. The molecular weight excluding hydrogens is 304 g/mol. The first kappa shape index (κ1) is 15.6. The van der Waals surface area contributed by atoms with Gasteiger partial charge in [-0.3, -0.25) is 0 Å². The summed E-state index contributed by atoms with van der Waals surface area (Å²) in [5.74, 6) is 1.33. The van der Waals surface area contributed by atoms with Crippen LogP contribution in [0.2, 0.25) is 0 Å². The normalized spacial score (nSPS) is 31.8. The lowest BCUT2D eigenvalue weighted by molar-refractivity contribution is -0.153. The predicted octanol–water partition coefficient (Wildman–Crippen LogP) is 3.74. The third kappa shape index (κ3) is 2.61. The molecule has 0 spiro atoms. The van der Waals surface area contributed by atoms with Gasteiger partial charge in [-0.05, 0) is 23.3 Å². The van der Waals surface area contributed by atoms with Crippen molar-refractivity contribution in [1.29, 1.82) is 0 Å². The third-order valence-corrected chi connectivity index (χ3v) is 5.10. The minimum Gasteiger partial charge on any atom is -0.497 e. The maximum absolute atomic E-state index is 6.23. The summed E-state index contributed by atoms with van der Waals surface area (Å²) in [4.78, 5) is 0. The molecular formula is C20H22O4. The first-order valence-electron chi connectivity index (χ1n) is 8.30. The highest BCUT2D eigenvalue weighted by atomic mass is 16.7. The second kappa shape index (κ2) is 6.55. The van der Waals surface area contributed by atoms with Gasteiger partial charge in [-0.25, -0.2) is 0 Å². The van der Waals surface area contributed by atoms with Crippen molar-refractivity contribution in [3.8, 4) is 5.75 Å². The fourth-order valence-corrected chi connectivity index (χ4v) is 3.92. The quantitative estimate of drug-likeness (QED) is 0.857. The van der Waals surface area contributed by atoms with Gasteiger partial charge < -0.3 is 18.9 Å². The van der Waals surface area contributed by atoms with E-state index in [-0.39, 0.29) is 24.4 Å². The summed E-state index contributed by atoms with van der Waals surface area (Å²) >= 11 is 0. The first-order chi connectivity index (χ1) is 11.8. The van der Waals surface area contributed by atoms with Crippen molar-refractivity contribution in [2.24, 2.45) is 11.8 Å². The van der Waals surface area contributed by atoms with E-state index in [1.807, 2.05) is 30.3 Å². The van der Waals surface area contributed by atoms with Gasteiger partial charge in [0.2, 0.25) is 0 Å². The van der Waals surface area contributed by atoms with Gasteiger partial charge in [0, 0.05) is 18.9 Å². The average molecular weight is 326 g/mol. The van der Waals surface area contributed by atoms with E-state index in [0.29, 0.717) is 12.5 Å². The summed E-state index contributed by atoms with van der Waals surface area (Å²) in [5.41, 5.74) is 2.33. The number of hydrogen-bond donors (Lipinski definition) is 0. The molecule has 0 N–H and O–H groups in total. The van der Waals surface area contributed by atoms with E-state index < -0.39 is 0 Å². The molecule has 4 heteroatoms. The molecule has 4 nitrogen and oxygen atoms in total. The maximum Gasteiger partial charge on any atom is 0.164 e. The van der Waals surface area contributed by atoms with Gasteiger partial charge in [0.1, 0.15) is 5.75 Å². The number of benzene rings is 2. The van der Waals surface area contributed by atoms with E-state index in [1.54, 1.807) is 14.2 Å². The van der Waals surface area contributed by atoms with Crippen LogP contribution in [0.25, 0.3) is 0 Å². The van der Waals surface area contributed by atoms with Crippen LogP contribution in [0.4, 0.5) is 0 Å². The molecule has 2 heterocycles. The Morgan fingerprint density at radius 2 is 1.58 bits per heavy atom. The van der Waals surface area contributed by atoms with Crippen molar-refractivity contribution in [2.75, 3.05) is 20.8 Å². The zero-order chi connectivity index (χ0) is 16.5. The molecule has 2 fully saturated rings. The Bertz CT molecular complexity index is 670. The fraction of sp³-hybridized carbons (Fsp3) is 0.400. The second-order valence-corrected chi connectivity index (χ2v) is 6.34. The van der Waals surface area contributed by atoms with Gasteiger partial charge in [-0.15, -0.1) is 0 Å². The second-order valence-electron chi connectivity index (χ2n) is 6.34. The highest BCUT2D eigenvalue weighted by Gasteiger charge is 2.53. The van der Waals surface area contributed by atoms with Gasteiger partial charge in [0.25, 0.3) is 0 Å². The first-order valence-corrected chi connectivity index (χ1v) is 8.30. The summed E-state index contributed by atoms with van der Waals surface area (Å²) in [5, 5.41) is 0. The number of methoxy groups -OCH3 is 2. The standard InChI is InChI=1S/C20H22O4/c1-21-15-10-8-14(9-11-15)19-17-16(12-23-19)18(24-20(17)22-2)13-6-4-3-5-7-13/h3-11,16-20H,12H2,1-2H3/t16-,17-,18+,19+,20+/m1/s1. The molecule has 2 aromatic rings. The van der Waals surface area contributed by atoms with Crippen LogP contribution in [0, 0.1) is 11.8 Å². The van der Waals surface area contributed by atoms with Gasteiger partial charge in [0.15, 0.2) is 6.29 Å². The van der Waals surface area contributed by atoms with Gasteiger partial charge in [-0.1, -0.05) is 42.5 Å². The monoisotopic (exact) mass is 326 g/mol. The van der Waals surface area contributed by atoms with Crippen molar-refractivity contribution < 1.29 is 18.9 Å². The van der Waals surface area contributed by atoms with E-state index in [9.17, 15) is 0 Å². The van der Waals surface area contributed by atoms with Crippen molar-refractivity contribution in [2.45, 2.75) is 18.5 Å². The van der Waals surface area contributed by atoms with Crippen LogP contribution in [-0.2, 0) is 14.2 Å². The highest BCUT2D eigenvalue weighted by molar-refractivity contribution is 5.30. The minimum atomic E-state index is -0.255. The van der Waals surface area contributed by atoms with Crippen LogP contribution >= 0.6 is 0 Å². The summed E-state index contributed by atoms with van der Waals surface area (Å²) in [6.45, 7) is 0.681. The van der Waals surface area contributed by atoms with E-state index >= 15 is 0 Å². The molecule has 24 heavy (non-hydrogen) atoms. The van der Waals surface area contributed by atoms with Crippen LogP contribution in [0.1, 0.15) is 23.3 Å². The van der Waals surface area contributed by atoms with E-state index in [0.717, 1.165) is 11.3 Å². The summed E-state index contributed by atoms with van der Waals surface area (Å²) in [7, 11) is 3.38. The van der Waals surface area contributed by atoms with Crippen molar-refractivity contribution in [1.82, 2.24) is 0 Å². The minimum absolute atomic E-state index is 0.0143. The van der Waals surface area contributed by atoms with Crippen LogP contribution < -0.4 is 4.74 Å². The van der Waals surface area contributed by atoms with Crippen LogP contribution in [0.3, 0.4) is 0 Å². The molecule has 2 aliphatic rings. The Balaban J connectivity index is 1.62. The van der Waals surface area contributed by atoms with Crippen molar-refractivity contribution in [3.05, 3.63) is 65.7 Å². The molecule has 4 rings (SSSR count). The Morgan fingerprint density at radius 1 is 0.875 bits per heavy atom. The number of fused-ring (bicyclic) bond motifs is 1. The molecule has 0 aliphatic carbocycles. The Kier molecular flexibility index (Phi) is 4.27. The highest BCUT2D eigenvalue weighted by Crippen LogP contribution is 2.53. The lowest BCUT2D eigenvalue weighted by Gasteiger charge is -2.22. The van der Waals surface area contributed by atoms with Gasteiger partial charge in [0.05, 0.1) is 25.9 Å². The van der Waals surface area contributed by atoms with E-state index in [2.05, 4.69) is 24.3 Å². The molecule has 2 saturated heterocycles. The molecule has 0 radical (unpaired) electrons. The molecule has 2 aromatic carbocycles.